The molecule has 2 N–H and O–H groups in total. The molecular formula is C19H17N3OS. The standard InChI is InChI=1S/C19H17N3OS/c1-11-8-9-24-18(11)17-14(10-20)19(21)22-12(2)16(17)13-6-4-5-7-15(13)23-3/h4-9H,1-3H3,(H2,21,22). The highest BCUT2D eigenvalue weighted by Crippen LogP contribution is 2.44. The molecule has 0 amide bonds. The number of pyridine rings is 1. The molecular weight excluding hydrogens is 318 g/mol. The maximum atomic E-state index is 9.68. The zero-order chi connectivity index (χ0) is 17.3. The third-order valence-corrected chi connectivity index (χ3v) is 5.02. The molecule has 3 aromatic rings. The fourth-order valence-corrected chi connectivity index (χ4v) is 3.86. The number of nitrogens with zero attached hydrogens (tertiary/aromatic N) is 2. The fraction of sp³-hybridized carbons (Fsp3) is 0.158. The Hall–Kier alpha value is -2.84. The Morgan fingerprint density at radius 1 is 1.17 bits per heavy atom. The van der Waals surface area contributed by atoms with Gasteiger partial charge in [0.25, 0.3) is 0 Å². The molecule has 3 rings (SSSR count). The minimum atomic E-state index is 0.261. The Morgan fingerprint density at radius 3 is 2.54 bits per heavy atom. The van der Waals surface area contributed by atoms with Gasteiger partial charge in [-0.05, 0) is 36.9 Å². The van der Waals surface area contributed by atoms with Crippen LogP contribution >= 0.6 is 11.3 Å². The molecule has 0 radical (unpaired) electrons. The van der Waals surface area contributed by atoms with Gasteiger partial charge in [0.15, 0.2) is 0 Å². The third-order valence-electron chi connectivity index (χ3n) is 3.98. The van der Waals surface area contributed by atoms with E-state index in [4.69, 9.17) is 10.5 Å². The molecule has 0 fully saturated rings. The number of para-hydroxylation sites is 1. The average molecular weight is 335 g/mol. The van der Waals surface area contributed by atoms with Gasteiger partial charge in [-0.25, -0.2) is 4.98 Å². The Labute approximate surface area is 145 Å². The van der Waals surface area contributed by atoms with E-state index in [9.17, 15) is 5.26 Å². The lowest BCUT2D eigenvalue weighted by molar-refractivity contribution is 0.416. The minimum absolute atomic E-state index is 0.261. The Kier molecular flexibility index (Phi) is 4.24. The number of aryl methyl sites for hydroxylation is 2. The van der Waals surface area contributed by atoms with Crippen molar-refractivity contribution in [2.45, 2.75) is 13.8 Å². The average Bonchev–Trinajstić information content (AvgIpc) is 3.00. The van der Waals surface area contributed by atoms with Crippen LogP contribution in [0.5, 0.6) is 5.75 Å². The quantitative estimate of drug-likeness (QED) is 0.762. The second-order valence-corrected chi connectivity index (χ2v) is 6.37. The number of anilines is 1. The van der Waals surface area contributed by atoms with E-state index in [0.29, 0.717) is 5.56 Å². The van der Waals surface area contributed by atoms with E-state index in [2.05, 4.69) is 11.1 Å². The first-order valence-corrected chi connectivity index (χ1v) is 8.34. The molecule has 0 aliphatic rings. The van der Waals surface area contributed by atoms with Crippen molar-refractivity contribution < 1.29 is 4.74 Å². The van der Waals surface area contributed by atoms with Gasteiger partial charge in [-0.2, -0.15) is 5.26 Å². The van der Waals surface area contributed by atoms with Crippen molar-refractivity contribution >= 4 is 17.2 Å². The molecule has 0 aliphatic heterocycles. The minimum Gasteiger partial charge on any atom is -0.496 e. The maximum Gasteiger partial charge on any atom is 0.142 e. The zero-order valence-corrected chi connectivity index (χ0v) is 14.6. The number of aromatic nitrogens is 1. The molecule has 4 nitrogen and oxygen atoms in total. The molecule has 0 saturated carbocycles. The summed E-state index contributed by atoms with van der Waals surface area (Å²) in [5.41, 5.74) is 11.0. The molecule has 5 heteroatoms. The van der Waals surface area contributed by atoms with Crippen LogP contribution in [-0.2, 0) is 0 Å². The Balaban J connectivity index is 2.47. The summed E-state index contributed by atoms with van der Waals surface area (Å²) in [5, 5.41) is 11.7. The molecule has 0 atom stereocenters. The van der Waals surface area contributed by atoms with Crippen molar-refractivity contribution in [3.63, 3.8) is 0 Å². The summed E-state index contributed by atoms with van der Waals surface area (Å²) in [6, 6.07) is 12.0. The molecule has 0 unspecified atom stereocenters. The number of benzene rings is 1. The van der Waals surface area contributed by atoms with Gasteiger partial charge in [-0.1, -0.05) is 18.2 Å². The van der Waals surface area contributed by atoms with Gasteiger partial charge < -0.3 is 10.5 Å². The van der Waals surface area contributed by atoms with E-state index < -0.39 is 0 Å². The van der Waals surface area contributed by atoms with Gasteiger partial charge in [0.2, 0.25) is 0 Å². The van der Waals surface area contributed by atoms with Crippen LogP contribution in [0.2, 0.25) is 0 Å². The molecule has 0 bridgehead atoms. The topological polar surface area (TPSA) is 71.9 Å². The number of thiophene rings is 1. The molecule has 0 aliphatic carbocycles. The molecule has 1 aromatic carbocycles. The third kappa shape index (κ3) is 2.51. The number of nitrogens with two attached hydrogens (primary N) is 1. The first-order valence-electron chi connectivity index (χ1n) is 7.46. The van der Waals surface area contributed by atoms with Crippen molar-refractivity contribution in [3.8, 4) is 33.4 Å². The largest absolute Gasteiger partial charge is 0.496 e. The van der Waals surface area contributed by atoms with Crippen molar-refractivity contribution in [3.05, 3.63) is 52.5 Å². The summed E-state index contributed by atoms with van der Waals surface area (Å²) in [6.45, 7) is 3.94. The van der Waals surface area contributed by atoms with Gasteiger partial charge in [-0.3, -0.25) is 0 Å². The summed E-state index contributed by atoms with van der Waals surface area (Å²) in [7, 11) is 1.64. The molecule has 0 saturated heterocycles. The first kappa shape index (κ1) is 16.0. The normalized spacial score (nSPS) is 10.4. The van der Waals surface area contributed by atoms with Crippen molar-refractivity contribution in [2.75, 3.05) is 12.8 Å². The van der Waals surface area contributed by atoms with Crippen molar-refractivity contribution in [1.82, 2.24) is 4.98 Å². The summed E-state index contributed by atoms with van der Waals surface area (Å²) in [4.78, 5) is 5.43. The van der Waals surface area contributed by atoms with Crippen LogP contribution in [0.15, 0.2) is 35.7 Å². The van der Waals surface area contributed by atoms with Crippen LogP contribution in [-0.4, -0.2) is 12.1 Å². The second kappa shape index (κ2) is 6.34. The molecule has 2 heterocycles. The lowest BCUT2D eigenvalue weighted by Gasteiger charge is -2.17. The van der Waals surface area contributed by atoms with Gasteiger partial charge in [0.1, 0.15) is 23.2 Å². The molecule has 24 heavy (non-hydrogen) atoms. The highest BCUT2D eigenvalue weighted by Gasteiger charge is 2.23. The number of methoxy groups -OCH3 is 1. The number of rotatable bonds is 3. The predicted octanol–water partition coefficient (Wildman–Crippen LogP) is 4.56. The SMILES string of the molecule is COc1ccccc1-c1c(C)nc(N)c(C#N)c1-c1sccc1C. The molecule has 0 spiro atoms. The summed E-state index contributed by atoms with van der Waals surface area (Å²) < 4.78 is 5.52. The highest BCUT2D eigenvalue weighted by molar-refractivity contribution is 7.13. The van der Waals surface area contributed by atoms with Crippen LogP contribution in [0, 0.1) is 25.2 Å². The summed E-state index contributed by atoms with van der Waals surface area (Å²) in [5.74, 6) is 1.00. The fourth-order valence-electron chi connectivity index (χ4n) is 2.88. The van der Waals surface area contributed by atoms with E-state index in [0.717, 1.165) is 38.6 Å². The van der Waals surface area contributed by atoms with E-state index >= 15 is 0 Å². The van der Waals surface area contributed by atoms with Gasteiger partial charge in [0, 0.05) is 27.3 Å². The maximum absolute atomic E-state index is 9.68. The predicted molar refractivity (Wildman–Crippen MR) is 98.1 cm³/mol. The zero-order valence-electron chi connectivity index (χ0n) is 13.8. The van der Waals surface area contributed by atoms with Crippen molar-refractivity contribution in [1.29, 1.82) is 5.26 Å². The smallest absolute Gasteiger partial charge is 0.142 e. The second-order valence-electron chi connectivity index (χ2n) is 5.45. The van der Waals surface area contributed by atoms with Gasteiger partial charge >= 0.3 is 0 Å². The monoisotopic (exact) mass is 335 g/mol. The Bertz CT molecular complexity index is 954. The van der Waals surface area contributed by atoms with E-state index in [1.807, 2.05) is 49.6 Å². The van der Waals surface area contributed by atoms with E-state index in [-0.39, 0.29) is 5.82 Å². The summed E-state index contributed by atoms with van der Waals surface area (Å²) in [6.07, 6.45) is 0. The summed E-state index contributed by atoms with van der Waals surface area (Å²) >= 11 is 1.60. The number of nitriles is 1. The van der Waals surface area contributed by atoms with Crippen LogP contribution in [0.1, 0.15) is 16.8 Å². The van der Waals surface area contributed by atoms with Crippen LogP contribution in [0.4, 0.5) is 5.82 Å². The molecule has 120 valence electrons. The lowest BCUT2D eigenvalue weighted by atomic mass is 9.92. The number of ether oxygens (including phenoxy) is 1. The van der Waals surface area contributed by atoms with Crippen molar-refractivity contribution in [2.24, 2.45) is 0 Å². The first-order chi connectivity index (χ1) is 11.6. The molecule has 2 aromatic heterocycles. The van der Waals surface area contributed by atoms with Gasteiger partial charge in [-0.15, -0.1) is 11.3 Å². The van der Waals surface area contributed by atoms with Crippen LogP contribution in [0.25, 0.3) is 21.6 Å². The van der Waals surface area contributed by atoms with Crippen LogP contribution < -0.4 is 10.5 Å². The van der Waals surface area contributed by atoms with Crippen LogP contribution in [0.3, 0.4) is 0 Å². The Morgan fingerprint density at radius 2 is 1.92 bits per heavy atom. The number of nitrogen functional groups attached to an aromatic ring is 1. The van der Waals surface area contributed by atoms with E-state index in [1.54, 1.807) is 18.4 Å². The highest BCUT2D eigenvalue weighted by atomic mass is 32.1. The number of hydrogen-bond acceptors (Lipinski definition) is 5. The lowest BCUT2D eigenvalue weighted by Crippen LogP contribution is -2.03. The number of hydrogen-bond donors (Lipinski definition) is 1. The van der Waals surface area contributed by atoms with Gasteiger partial charge in [0.05, 0.1) is 7.11 Å². The van der Waals surface area contributed by atoms with E-state index in [1.165, 1.54) is 0 Å².